The zero-order chi connectivity index (χ0) is 12.4. The van der Waals surface area contributed by atoms with Crippen molar-refractivity contribution in [3.8, 4) is 0 Å². The summed E-state index contributed by atoms with van der Waals surface area (Å²) in [6.07, 6.45) is 5.66. The van der Waals surface area contributed by atoms with Crippen LogP contribution in [0.4, 0.5) is 0 Å². The standard InChI is InChI=1S/C14H13N3S/c1-15-14(13-8-17-9-18-13)12-4-2-3-10-7-16-6-5-11(10)12/h2-9,14-15H,1H3. The average Bonchev–Trinajstić information content (AvgIpc) is 2.94. The number of pyridine rings is 1. The van der Waals surface area contributed by atoms with E-state index in [1.165, 1.54) is 21.2 Å². The summed E-state index contributed by atoms with van der Waals surface area (Å²) in [7, 11) is 1.98. The van der Waals surface area contributed by atoms with Crippen LogP contribution < -0.4 is 5.32 Å². The predicted octanol–water partition coefficient (Wildman–Crippen LogP) is 3.00. The van der Waals surface area contributed by atoms with Crippen molar-refractivity contribution in [2.75, 3.05) is 7.05 Å². The van der Waals surface area contributed by atoms with E-state index in [1.807, 2.05) is 31.1 Å². The first-order chi connectivity index (χ1) is 8.90. The molecule has 0 saturated carbocycles. The maximum absolute atomic E-state index is 4.17. The summed E-state index contributed by atoms with van der Waals surface area (Å²) in [4.78, 5) is 9.56. The second kappa shape index (κ2) is 4.84. The third-order valence-electron chi connectivity index (χ3n) is 3.05. The van der Waals surface area contributed by atoms with Gasteiger partial charge in [0.05, 0.1) is 11.6 Å². The van der Waals surface area contributed by atoms with Crippen molar-refractivity contribution in [3.63, 3.8) is 0 Å². The van der Waals surface area contributed by atoms with Crippen molar-refractivity contribution in [3.05, 3.63) is 58.8 Å². The minimum absolute atomic E-state index is 0.184. The highest BCUT2D eigenvalue weighted by Gasteiger charge is 2.15. The Morgan fingerprint density at radius 3 is 2.89 bits per heavy atom. The summed E-state index contributed by atoms with van der Waals surface area (Å²) in [5, 5.41) is 5.77. The number of rotatable bonds is 3. The zero-order valence-corrected chi connectivity index (χ0v) is 10.8. The van der Waals surface area contributed by atoms with Gasteiger partial charge in [0, 0.05) is 28.9 Å². The number of nitrogens with zero attached hydrogens (tertiary/aromatic N) is 2. The fourth-order valence-electron chi connectivity index (χ4n) is 2.22. The molecule has 2 heterocycles. The van der Waals surface area contributed by atoms with E-state index < -0.39 is 0 Å². The SMILES string of the molecule is CNC(c1cncs1)c1cccc2cnccc12. The molecule has 3 aromatic rings. The number of fused-ring (bicyclic) bond motifs is 1. The molecule has 0 aliphatic heterocycles. The van der Waals surface area contributed by atoms with Crippen LogP contribution in [0.25, 0.3) is 10.8 Å². The van der Waals surface area contributed by atoms with Crippen LogP contribution in [-0.4, -0.2) is 17.0 Å². The fourth-order valence-corrected chi connectivity index (χ4v) is 2.96. The molecule has 0 aliphatic carbocycles. The molecule has 1 unspecified atom stereocenters. The third-order valence-corrected chi connectivity index (χ3v) is 3.89. The van der Waals surface area contributed by atoms with Gasteiger partial charge >= 0.3 is 0 Å². The van der Waals surface area contributed by atoms with Crippen LogP contribution in [0.1, 0.15) is 16.5 Å². The fraction of sp³-hybridized carbons (Fsp3) is 0.143. The van der Waals surface area contributed by atoms with Crippen LogP contribution in [-0.2, 0) is 0 Å². The number of aromatic nitrogens is 2. The van der Waals surface area contributed by atoms with Crippen LogP contribution in [0.5, 0.6) is 0 Å². The molecule has 1 aromatic carbocycles. The number of thiazole rings is 1. The van der Waals surface area contributed by atoms with Gasteiger partial charge in [-0.1, -0.05) is 18.2 Å². The Bertz CT molecular complexity index is 644. The molecule has 2 aromatic heterocycles. The highest BCUT2D eigenvalue weighted by molar-refractivity contribution is 7.09. The van der Waals surface area contributed by atoms with Crippen molar-refractivity contribution in [2.45, 2.75) is 6.04 Å². The number of hydrogen-bond donors (Lipinski definition) is 1. The van der Waals surface area contributed by atoms with Crippen LogP contribution in [0.2, 0.25) is 0 Å². The van der Waals surface area contributed by atoms with Gasteiger partial charge in [-0.05, 0) is 24.1 Å². The molecule has 0 radical (unpaired) electrons. The molecule has 0 spiro atoms. The molecule has 0 bridgehead atoms. The van der Waals surface area contributed by atoms with Gasteiger partial charge in [-0.3, -0.25) is 9.97 Å². The predicted molar refractivity (Wildman–Crippen MR) is 74.8 cm³/mol. The number of hydrogen-bond acceptors (Lipinski definition) is 4. The maximum atomic E-state index is 4.17. The first-order valence-corrected chi connectivity index (χ1v) is 6.66. The molecule has 0 saturated heterocycles. The molecule has 0 fully saturated rings. The van der Waals surface area contributed by atoms with Gasteiger partial charge < -0.3 is 5.32 Å². The van der Waals surface area contributed by atoms with Crippen LogP contribution >= 0.6 is 11.3 Å². The first kappa shape index (κ1) is 11.3. The Balaban J connectivity index is 2.18. The van der Waals surface area contributed by atoms with Gasteiger partial charge in [-0.15, -0.1) is 11.3 Å². The van der Waals surface area contributed by atoms with E-state index in [2.05, 4.69) is 39.6 Å². The van der Waals surface area contributed by atoms with Crippen molar-refractivity contribution in [1.29, 1.82) is 0 Å². The lowest BCUT2D eigenvalue weighted by Crippen LogP contribution is -2.16. The maximum Gasteiger partial charge on any atom is 0.0794 e. The molecule has 1 atom stereocenters. The highest BCUT2D eigenvalue weighted by atomic mass is 32.1. The number of nitrogens with one attached hydrogen (secondary N) is 1. The van der Waals surface area contributed by atoms with Crippen molar-refractivity contribution in [1.82, 2.24) is 15.3 Å². The molecular formula is C14H13N3S. The van der Waals surface area contributed by atoms with Gasteiger partial charge in [0.15, 0.2) is 0 Å². The van der Waals surface area contributed by atoms with E-state index in [0.29, 0.717) is 0 Å². The van der Waals surface area contributed by atoms with E-state index >= 15 is 0 Å². The summed E-state index contributed by atoms with van der Waals surface area (Å²) < 4.78 is 0. The minimum atomic E-state index is 0.184. The summed E-state index contributed by atoms with van der Waals surface area (Å²) in [6, 6.07) is 8.57. The van der Waals surface area contributed by atoms with Gasteiger partial charge in [0.1, 0.15) is 0 Å². The second-order valence-corrected chi connectivity index (χ2v) is 4.99. The van der Waals surface area contributed by atoms with Gasteiger partial charge in [-0.2, -0.15) is 0 Å². The van der Waals surface area contributed by atoms with Crippen LogP contribution in [0, 0.1) is 0 Å². The molecule has 4 heteroatoms. The smallest absolute Gasteiger partial charge is 0.0794 e. The normalized spacial score (nSPS) is 12.7. The lowest BCUT2D eigenvalue weighted by Gasteiger charge is -2.16. The van der Waals surface area contributed by atoms with Crippen molar-refractivity contribution >= 4 is 22.1 Å². The molecular weight excluding hydrogens is 242 g/mol. The Kier molecular flexibility index (Phi) is 3.04. The molecule has 18 heavy (non-hydrogen) atoms. The van der Waals surface area contributed by atoms with E-state index in [0.717, 1.165) is 0 Å². The topological polar surface area (TPSA) is 37.8 Å². The van der Waals surface area contributed by atoms with Crippen LogP contribution in [0.3, 0.4) is 0 Å². The number of benzene rings is 1. The highest BCUT2D eigenvalue weighted by Crippen LogP contribution is 2.29. The van der Waals surface area contributed by atoms with E-state index in [-0.39, 0.29) is 6.04 Å². The monoisotopic (exact) mass is 255 g/mol. The summed E-state index contributed by atoms with van der Waals surface area (Å²) in [6.45, 7) is 0. The van der Waals surface area contributed by atoms with Gasteiger partial charge in [0.25, 0.3) is 0 Å². The summed E-state index contributed by atoms with van der Waals surface area (Å²) in [5.41, 5.74) is 3.13. The molecule has 0 amide bonds. The lowest BCUT2D eigenvalue weighted by molar-refractivity contribution is 0.707. The van der Waals surface area contributed by atoms with Crippen molar-refractivity contribution < 1.29 is 0 Å². The molecule has 3 rings (SSSR count). The Hall–Kier alpha value is -1.78. The zero-order valence-electron chi connectivity index (χ0n) is 10.00. The van der Waals surface area contributed by atoms with E-state index in [1.54, 1.807) is 11.3 Å². The van der Waals surface area contributed by atoms with Gasteiger partial charge in [0.2, 0.25) is 0 Å². The molecule has 0 aliphatic rings. The third kappa shape index (κ3) is 1.89. The largest absolute Gasteiger partial charge is 0.309 e. The van der Waals surface area contributed by atoms with E-state index in [9.17, 15) is 0 Å². The second-order valence-electron chi connectivity index (χ2n) is 4.07. The quantitative estimate of drug-likeness (QED) is 0.781. The molecule has 90 valence electrons. The minimum Gasteiger partial charge on any atom is -0.309 e. The molecule has 3 nitrogen and oxygen atoms in total. The van der Waals surface area contributed by atoms with Crippen LogP contribution in [0.15, 0.2) is 48.4 Å². The van der Waals surface area contributed by atoms with Gasteiger partial charge in [-0.25, -0.2) is 0 Å². The summed E-state index contributed by atoms with van der Waals surface area (Å²) in [5.74, 6) is 0. The Labute approximate surface area is 110 Å². The van der Waals surface area contributed by atoms with E-state index in [4.69, 9.17) is 0 Å². The average molecular weight is 255 g/mol. The lowest BCUT2D eigenvalue weighted by atomic mass is 9.99. The Morgan fingerprint density at radius 1 is 1.17 bits per heavy atom. The molecule has 1 N–H and O–H groups in total. The summed E-state index contributed by atoms with van der Waals surface area (Å²) >= 11 is 1.67. The first-order valence-electron chi connectivity index (χ1n) is 5.78. The van der Waals surface area contributed by atoms with Crippen molar-refractivity contribution in [2.24, 2.45) is 0 Å². The Morgan fingerprint density at radius 2 is 2.11 bits per heavy atom.